The predicted molar refractivity (Wildman–Crippen MR) is 113 cm³/mol. The molecule has 1 amide bonds. The van der Waals surface area contributed by atoms with Gasteiger partial charge in [0.1, 0.15) is 5.56 Å². The van der Waals surface area contributed by atoms with Crippen molar-refractivity contribution in [3.05, 3.63) is 97.9 Å². The summed E-state index contributed by atoms with van der Waals surface area (Å²) in [6.07, 6.45) is 0.896. The van der Waals surface area contributed by atoms with Crippen LogP contribution in [0.3, 0.4) is 0 Å². The standard InChI is InChI=1S/C23H19ClN2O3/c1-13-7-8-16(11-19(13)24)25-22(28)18-12-17-20(26-23(18)29)9-15(10-21(17)27)14-5-3-2-4-6-14/h2-8,11-12,15H,9-10H2,1H3,(H,25,28)(H,26,29)/t15-/m0/s1. The first-order valence-corrected chi connectivity index (χ1v) is 9.72. The number of carbonyl (C=O) groups excluding carboxylic acids is 2. The largest absolute Gasteiger partial charge is 0.325 e. The second-order valence-electron chi connectivity index (χ2n) is 7.26. The molecule has 29 heavy (non-hydrogen) atoms. The third-order valence-electron chi connectivity index (χ3n) is 5.25. The highest BCUT2D eigenvalue weighted by Gasteiger charge is 2.28. The molecule has 0 aliphatic heterocycles. The van der Waals surface area contributed by atoms with Gasteiger partial charge in [0.05, 0.1) is 0 Å². The quantitative estimate of drug-likeness (QED) is 0.672. The average Bonchev–Trinajstić information content (AvgIpc) is 2.70. The Hall–Kier alpha value is -3.18. The number of hydrogen-bond donors (Lipinski definition) is 2. The Balaban J connectivity index is 1.62. The second kappa shape index (κ2) is 7.68. The molecule has 146 valence electrons. The van der Waals surface area contributed by atoms with Crippen LogP contribution in [0.25, 0.3) is 0 Å². The molecule has 4 rings (SSSR count). The Morgan fingerprint density at radius 3 is 2.55 bits per heavy atom. The normalized spacial score (nSPS) is 15.7. The molecule has 0 radical (unpaired) electrons. The van der Waals surface area contributed by atoms with Gasteiger partial charge in [-0.25, -0.2) is 0 Å². The van der Waals surface area contributed by atoms with E-state index in [0.29, 0.717) is 34.8 Å². The van der Waals surface area contributed by atoms with E-state index in [2.05, 4.69) is 10.3 Å². The molecule has 1 aliphatic rings. The lowest BCUT2D eigenvalue weighted by Gasteiger charge is -2.24. The van der Waals surface area contributed by atoms with E-state index < -0.39 is 11.5 Å². The maximum absolute atomic E-state index is 12.7. The van der Waals surface area contributed by atoms with E-state index in [9.17, 15) is 14.4 Å². The van der Waals surface area contributed by atoms with Crippen molar-refractivity contribution in [2.75, 3.05) is 5.32 Å². The fourth-order valence-corrected chi connectivity index (χ4v) is 3.81. The number of anilines is 1. The number of halogens is 1. The molecule has 2 aromatic carbocycles. The minimum absolute atomic E-state index is 0.0150. The molecule has 1 heterocycles. The van der Waals surface area contributed by atoms with Gasteiger partial charge in [-0.1, -0.05) is 48.0 Å². The van der Waals surface area contributed by atoms with Crippen LogP contribution >= 0.6 is 11.6 Å². The summed E-state index contributed by atoms with van der Waals surface area (Å²) < 4.78 is 0. The van der Waals surface area contributed by atoms with Crippen molar-refractivity contribution in [2.45, 2.75) is 25.7 Å². The number of hydrogen-bond acceptors (Lipinski definition) is 3. The minimum atomic E-state index is -0.577. The van der Waals surface area contributed by atoms with Crippen molar-refractivity contribution < 1.29 is 9.59 Å². The van der Waals surface area contributed by atoms with Crippen molar-refractivity contribution >= 4 is 29.0 Å². The van der Waals surface area contributed by atoms with Crippen LogP contribution in [-0.4, -0.2) is 16.7 Å². The van der Waals surface area contributed by atoms with E-state index in [4.69, 9.17) is 11.6 Å². The van der Waals surface area contributed by atoms with Crippen molar-refractivity contribution in [1.29, 1.82) is 0 Å². The van der Waals surface area contributed by atoms with Crippen LogP contribution in [-0.2, 0) is 6.42 Å². The number of carbonyl (C=O) groups is 2. The summed E-state index contributed by atoms with van der Waals surface area (Å²) in [7, 11) is 0. The third-order valence-corrected chi connectivity index (χ3v) is 5.66. The molecule has 1 aliphatic carbocycles. The van der Waals surface area contributed by atoms with Gasteiger partial charge in [0.15, 0.2) is 5.78 Å². The van der Waals surface area contributed by atoms with Crippen molar-refractivity contribution in [3.8, 4) is 0 Å². The molecule has 1 aromatic heterocycles. The van der Waals surface area contributed by atoms with Crippen molar-refractivity contribution in [1.82, 2.24) is 4.98 Å². The lowest BCUT2D eigenvalue weighted by Crippen LogP contribution is -2.29. The number of ketones is 1. The zero-order chi connectivity index (χ0) is 20.5. The number of aromatic amines is 1. The Labute approximate surface area is 172 Å². The number of pyridine rings is 1. The van der Waals surface area contributed by atoms with Gasteiger partial charge in [0.25, 0.3) is 11.5 Å². The topological polar surface area (TPSA) is 79.0 Å². The van der Waals surface area contributed by atoms with Crippen LogP contribution in [0.2, 0.25) is 5.02 Å². The Morgan fingerprint density at radius 1 is 1.07 bits per heavy atom. The summed E-state index contributed by atoms with van der Waals surface area (Å²) >= 11 is 6.09. The zero-order valence-electron chi connectivity index (χ0n) is 15.8. The summed E-state index contributed by atoms with van der Waals surface area (Å²) in [5, 5.41) is 3.19. The van der Waals surface area contributed by atoms with Gasteiger partial charge in [-0.3, -0.25) is 14.4 Å². The second-order valence-corrected chi connectivity index (χ2v) is 7.67. The zero-order valence-corrected chi connectivity index (χ0v) is 16.5. The van der Waals surface area contributed by atoms with Crippen LogP contribution in [0, 0.1) is 6.92 Å². The molecule has 0 saturated heterocycles. The smallest absolute Gasteiger partial charge is 0.261 e. The van der Waals surface area contributed by atoms with E-state index in [1.165, 1.54) is 6.07 Å². The molecule has 0 unspecified atom stereocenters. The van der Waals surface area contributed by atoms with Crippen LogP contribution in [0.4, 0.5) is 5.69 Å². The molecular formula is C23H19ClN2O3. The average molecular weight is 407 g/mol. The summed E-state index contributed by atoms with van der Waals surface area (Å²) in [6, 6.07) is 16.3. The first kappa shape index (κ1) is 19.2. The van der Waals surface area contributed by atoms with Crippen LogP contribution < -0.4 is 10.9 Å². The number of nitrogens with one attached hydrogen (secondary N) is 2. The SMILES string of the molecule is Cc1ccc(NC(=O)c2cc3c([nH]c2=O)C[C@H](c2ccccc2)CC3=O)cc1Cl. The fourth-order valence-electron chi connectivity index (χ4n) is 3.63. The molecule has 0 saturated carbocycles. The van der Waals surface area contributed by atoms with E-state index in [-0.39, 0.29) is 17.3 Å². The lowest BCUT2D eigenvalue weighted by atomic mass is 9.81. The van der Waals surface area contributed by atoms with Gasteiger partial charge >= 0.3 is 0 Å². The first-order chi connectivity index (χ1) is 13.9. The molecule has 0 fully saturated rings. The van der Waals surface area contributed by atoms with Gasteiger partial charge < -0.3 is 10.3 Å². The Kier molecular flexibility index (Phi) is 5.07. The number of benzene rings is 2. The number of amides is 1. The third kappa shape index (κ3) is 3.87. The molecule has 0 bridgehead atoms. The number of rotatable bonds is 3. The Morgan fingerprint density at radius 2 is 1.83 bits per heavy atom. The van der Waals surface area contributed by atoms with Crippen molar-refractivity contribution in [3.63, 3.8) is 0 Å². The fraction of sp³-hybridized carbons (Fsp3) is 0.174. The van der Waals surface area contributed by atoms with Gasteiger partial charge in [-0.15, -0.1) is 0 Å². The number of aryl methyl sites for hydroxylation is 1. The molecule has 6 heteroatoms. The minimum Gasteiger partial charge on any atom is -0.325 e. The van der Waals surface area contributed by atoms with Gasteiger partial charge in [-0.05, 0) is 48.6 Å². The number of Topliss-reactive ketones (excluding diaryl/α,β-unsaturated/α-hetero) is 1. The van der Waals surface area contributed by atoms with E-state index >= 15 is 0 Å². The highest BCUT2D eigenvalue weighted by Crippen LogP contribution is 2.31. The maximum Gasteiger partial charge on any atom is 0.261 e. The highest BCUT2D eigenvalue weighted by atomic mass is 35.5. The summed E-state index contributed by atoms with van der Waals surface area (Å²) in [5.74, 6) is -0.642. The predicted octanol–water partition coefficient (Wildman–Crippen LogP) is 4.50. The monoisotopic (exact) mass is 406 g/mol. The van der Waals surface area contributed by atoms with Crippen LogP contribution in [0.5, 0.6) is 0 Å². The van der Waals surface area contributed by atoms with Crippen molar-refractivity contribution in [2.24, 2.45) is 0 Å². The summed E-state index contributed by atoms with van der Waals surface area (Å²) in [6.45, 7) is 1.86. The van der Waals surface area contributed by atoms with E-state index in [0.717, 1.165) is 11.1 Å². The van der Waals surface area contributed by atoms with Crippen LogP contribution in [0.15, 0.2) is 59.4 Å². The number of H-pyrrole nitrogens is 1. The molecule has 2 N–H and O–H groups in total. The van der Waals surface area contributed by atoms with E-state index in [1.807, 2.05) is 37.3 Å². The number of aromatic nitrogens is 1. The van der Waals surface area contributed by atoms with Gasteiger partial charge in [0.2, 0.25) is 0 Å². The van der Waals surface area contributed by atoms with Gasteiger partial charge in [0, 0.05) is 28.4 Å². The Bertz CT molecular complexity index is 1170. The van der Waals surface area contributed by atoms with Gasteiger partial charge in [-0.2, -0.15) is 0 Å². The molecule has 1 atom stereocenters. The molecule has 5 nitrogen and oxygen atoms in total. The van der Waals surface area contributed by atoms with E-state index in [1.54, 1.807) is 18.2 Å². The molecular weight excluding hydrogens is 388 g/mol. The highest BCUT2D eigenvalue weighted by molar-refractivity contribution is 6.31. The maximum atomic E-state index is 12.7. The first-order valence-electron chi connectivity index (χ1n) is 9.34. The lowest BCUT2D eigenvalue weighted by molar-refractivity contribution is 0.0963. The summed E-state index contributed by atoms with van der Waals surface area (Å²) in [5.41, 5.74) is 2.81. The summed E-state index contributed by atoms with van der Waals surface area (Å²) in [4.78, 5) is 40.6. The van der Waals surface area contributed by atoms with Crippen LogP contribution in [0.1, 0.15) is 49.9 Å². The molecule has 3 aromatic rings. The number of fused-ring (bicyclic) bond motifs is 1. The molecule has 0 spiro atoms.